The van der Waals surface area contributed by atoms with E-state index in [0.717, 1.165) is 19.5 Å². The van der Waals surface area contributed by atoms with E-state index in [9.17, 15) is 13.6 Å². The molecule has 2 aromatic carbocycles. The number of carbonyl (C=O) groups is 1. The molecule has 1 saturated heterocycles. The van der Waals surface area contributed by atoms with Gasteiger partial charge in [0.25, 0.3) is 5.91 Å². The lowest BCUT2D eigenvalue weighted by Crippen LogP contribution is -2.37. The van der Waals surface area contributed by atoms with Crippen molar-refractivity contribution in [3.05, 3.63) is 59.7 Å². The monoisotopic (exact) mass is 376 g/mol. The van der Waals surface area contributed by atoms with Crippen LogP contribution in [0.15, 0.2) is 48.5 Å². The van der Waals surface area contributed by atoms with Gasteiger partial charge in [-0.1, -0.05) is 36.4 Å². The molecule has 3 rings (SSSR count). The van der Waals surface area contributed by atoms with Crippen molar-refractivity contribution < 1.29 is 23.0 Å². The number of para-hydroxylation sites is 1. The zero-order valence-corrected chi connectivity index (χ0v) is 15.0. The molecule has 0 aliphatic carbocycles. The van der Waals surface area contributed by atoms with Gasteiger partial charge < -0.3 is 14.8 Å². The van der Waals surface area contributed by atoms with Crippen LogP contribution < -0.4 is 14.8 Å². The first-order valence-electron chi connectivity index (χ1n) is 8.75. The second-order valence-electron chi connectivity index (χ2n) is 6.40. The smallest absolute Gasteiger partial charge is 0.387 e. The van der Waals surface area contributed by atoms with Crippen LogP contribution in [0.2, 0.25) is 0 Å². The lowest BCUT2D eigenvalue weighted by molar-refractivity contribution is -0.0515. The van der Waals surface area contributed by atoms with E-state index in [4.69, 9.17) is 4.74 Å². The molecule has 7 heteroatoms. The number of carbonyl (C=O) groups excluding carboxylic acids is 1. The van der Waals surface area contributed by atoms with E-state index in [1.54, 1.807) is 6.07 Å². The maximum atomic E-state index is 12.7. The van der Waals surface area contributed by atoms with Crippen molar-refractivity contribution in [3.8, 4) is 11.5 Å². The quantitative estimate of drug-likeness (QED) is 0.806. The molecule has 1 atom stereocenters. The Morgan fingerprint density at radius 3 is 2.70 bits per heavy atom. The number of ether oxygens (including phenoxy) is 2. The second kappa shape index (κ2) is 8.81. The van der Waals surface area contributed by atoms with E-state index in [2.05, 4.69) is 27.1 Å². The number of alkyl halides is 2. The van der Waals surface area contributed by atoms with E-state index in [-0.39, 0.29) is 23.1 Å². The molecule has 0 bridgehead atoms. The molecule has 0 spiro atoms. The summed E-state index contributed by atoms with van der Waals surface area (Å²) in [5.74, 6) is -0.595. The summed E-state index contributed by atoms with van der Waals surface area (Å²) in [6.07, 6.45) is 0.799. The zero-order valence-electron chi connectivity index (χ0n) is 15.0. The van der Waals surface area contributed by atoms with Crippen LogP contribution in [-0.2, 0) is 6.54 Å². The van der Waals surface area contributed by atoms with Crippen molar-refractivity contribution >= 4 is 5.91 Å². The molecule has 144 valence electrons. The summed E-state index contributed by atoms with van der Waals surface area (Å²) in [5, 5.41) is 2.91. The predicted octanol–water partition coefficient (Wildman–Crippen LogP) is 3.30. The molecule has 1 amide bonds. The minimum atomic E-state index is -3.04. The third kappa shape index (κ3) is 4.95. The van der Waals surface area contributed by atoms with Crippen molar-refractivity contribution in [2.45, 2.75) is 25.6 Å². The van der Waals surface area contributed by atoms with Crippen molar-refractivity contribution in [1.29, 1.82) is 0 Å². The van der Waals surface area contributed by atoms with Gasteiger partial charge in [-0.05, 0) is 24.1 Å². The van der Waals surface area contributed by atoms with Gasteiger partial charge >= 0.3 is 6.61 Å². The summed E-state index contributed by atoms with van der Waals surface area (Å²) in [6, 6.07) is 14.6. The summed E-state index contributed by atoms with van der Waals surface area (Å²) in [6.45, 7) is -0.666. The summed E-state index contributed by atoms with van der Waals surface area (Å²) >= 11 is 0. The van der Waals surface area contributed by atoms with Crippen LogP contribution in [0.4, 0.5) is 8.78 Å². The lowest BCUT2D eigenvalue weighted by Gasteiger charge is -2.18. The zero-order chi connectivity index (χ0) is 19.2. The molecule has 2 aromatic rings. The molecule has 1 unspecified atom stereocenters. The molecule has 0 saturated carbocycles. The van der Waals surface area contributed by atoms with Crippen LogP contribution >= 0.6 is 0 Å². The second-order valence-corrected chi connectivity index (χ2v) is 6.40. The van der Waals surface area contributed by atoms with Gasteiger partial charge in [-0.25, -0.2) is 0 Å². The van der Waals surface area contributed by atoms with Crippen molar-refractivity contribution in [1.82, 2.24) is 10.2 Å². The van der Waals surface area contributed by atoms with Gasteiger partial charge in [0.1, 0.15) is 0 Å². The largest absolute Gasteiger partial charge is 0.493 e. The Kier molecular flexibility index (Phi) is 6.24. The first kappa shape index (κ1) is 19.1. The van der Waals surface area contributed by atoms with Gasteiger partial charge in [0, 0.05) is 25.7 Å². The van der Waals surface area contributed by atoms with Gasteiger partial charge in [0.05, 0.1) is 12.7 Å². The molecule has 1 N–H and O–H groups in total. The van der Waals surface area contributed by atoms with Crippen LogP contribution in [0.25, 0.3) is 0 Å². The van der Waals surface area contributed by atoms with Crippen LogP contribution in [-0.4, -0.2) is 43.7 Å². The summed E-state index contributed by atoms with van der Waals surface area (Å²) in [5.41, 5.74) is 1.25. The van der Waals surface area contributed by atoms with E-state index < -0.39 is 12.5 Å². The molecule has 0 radical (unpaired) electrons. The van der Waals surface area contributed by atoms with Crippen molar-refractivity contribution in [3.63, 3.8) is 0 Å². The first-order chi connectivity index (χ1) is 13.1. The number of nitrogens with one attached hydrogen (secondary N) is 1. The van der Waals surface area contributed by atoms with E-state index in [1.807, 2.05) is 18.2 Å². The summed E-state index contributed by atoms with van der Waals surface area (Å²) in [7, 11) is 1.34. The molecule has 27 heavy (non-hydrogen) atoms. The molecule has 1 heterocycles. The topological polar surface area (TPSA) is 50.8 Å². The van der Waals surface area contributed by atoms with Crippen LogP contribution in [0, 0.1) is 0 Å². The van der Waals surface area contributed by atoms with Gasteiger partial charge in [-0.3, -0.25) is 9.69 Å². The fourth-order valence-corrected chi connectivity index (χ4v) is 3.26. The van der Waals surface area contributed by atoms with Gasteiger partial charge in [0.15, 0.2) is 11.5 Å². The third-order valence-electron chi connectivity index (χ3n) is 4.51. The SMILES string of the molecule is COc1cccc(C(=O)NC2CCN(Cc3ccccc3)C2)c1OC(F)F. The highest BCUT2D eigenvalue weighted by Gasteiger charge is 2.26. The van der Waals surface area contributed by atoms with Crippen LogP contribution in [0.5, 0.6) is 11.5 Å². The Bertz CT molecular complexity index is 771. The highest BCUT2D eigenvalue weighted by molar-refractivity contribution is 5.98. The fourth-order valence-electron chi connectivity index (χ4n) is 3.26. The Morgan fingerprint density at radius 1 is 1.22 bits per heavy atom. The van der Waals surface area contributed by atoms with E-state index in [0.29, 0.717) is 6.54 Å². The highest BCUT2D eigenvalue weighted by Crippen LogP contribution is 2.32. The van der Waals surface area contributed by atoms with Gasteiger partial charge in [-0.2, -0.15) is 8.78 Å². The Hall–Kier alpha value is -2.67. The third-order valence-corrected chi connectivity index (χ3v) is 4.51. The number of benzene rings is 2. The summed E-state index contributed by atoms with van der Waals surface area (Å²) < 4.78 is 35.0. The number of rotatable bonds is 7. The van der Waals surface area contributed by atoms with Gasteiger partial charge in [-0.15, -0.1) is 0 Å². The number of amides is 1. The molecule has 1 fully saturated rings. The fraction of sp³-hybridized carbons (Fsp3) is 0.350. The highest BCUT2D eigenvalue weighted by atomic mass is 19.3. The predicted molar refractivity (Wildman–Crippen MR) is 97.2 cm³/mol. The summed E-state index contributed by atoms with van der Waals surface area (Å²) in [4.78, 5) is 14.9. The number of halogens is 2. The Balaban J connectivity index is 1.64. The van der Waals surface area contributed by atoms with E-state index >= 15 is 0 Å². The van der Waals surface area contributed by atoms with Crippen LogP contribution in [0.1, 0.15) is 22.3 Å². The van der Waals surface area contributed by atoms with Crippen molar-refractivity contribution in [2.75, 3.05) is 20.2 Å². The van der Waals surface area contributed by atoms with Crippen LogP contribution in [0.3, 0.4) is 0 Å². The molecular formula is C20H22F2N2O3. The number of likely N-dealkylation sites (tertiary alicyclic amines) is 1. The van der Waals surface area contributed by atoms with E-state index in [1.165, 1.54) is 24.8 Å². The maximum Gasteiger partial charge on any atom is 0.387 e. The van der Waals surface area contributed by atoms with Crippen molar-refractivity contribution in [2.24, 2.45) is 0 Å². The lowest BCUT2D eigenvalue weighted by atomic mass is 10.1. The minimum Gasteiger partial charge on any atom is -0.493 e. The average Bonchev–Trinajstić information content (AvgIpc) is 3.09. The Morgan fingerprint density at radius 2 is 2.00 bits per heavy atom. The minimum absolute atomic E-state index is 0.0381. The number of hydrogen-bond donors (Lipinski definition) is 1. The normalized spacial score (nSPS) is 17.1. The number of hydrogen-bond acceptors (Lipinski definition) is 4. The molecule has 1 aliphatic rings. The van der Waals surface area contributed by atoms with Gasteiger partial charge in [0.2, 0.25) is 0 Å². The average molecular weight is 376 g/mol. The Labute approximate surface area is 156 Å². The molecular weight excluding hydrogens is 354 g/mol. The maximum absolute atomic E-state index is 12.7. The first-order valence-corrected chi connectivity index (χ1v) is 8.75. The molecule has 1 aliphatic heterocycles. The number of nitrogens with zero attached hydrogens (tertiary/aromatic N) is 1. The standard InChI is InChI=1S/C20H22F2N2O3/c1-26-17-9-5-8-16(18(17)27-20(21)22)19(25)23-15-10-11-24(13-15)12-14-6-3-2-4-7-14/h2-9,15,20H,10-13H2,1H3,(H,23,25). The molecule has 5 nitrogen and oxygen atoms in total. The molecule has 0 aromatic heterocycles. The number of methoxy groups -OCH3 is 1.